The summed E-state index contributed by atoms with van der Waals surface area (Å²) in [6.07, 6.45) is 0. The number of anilines is 1. The Bertz CT molecular complexity index is 895. The van der Waals surface area contributed by atoms with Crippen LogP contribution < -0.4 is 9.64 Å². The standard InChI is InChI=1S/C17H12ClN3O3/c18-12-6-7-14-13(8-12)21(16(22)10-23-14)9-15-19-20-17(24-15)11-4-2-1-3-5-11/h1-8H,9-10H2. The topological polar surface area (TPSA) is 68.5 Å². The molecule has 6 nitrogen and oxygen atoms in total. The Labute approximate surface area is 142 Å². The first-order chi connectivity index (χ1) is 11.7. The fourth-order valence-electron chi connectivity index (χ4n) is 2.50. The second-order valence-corrected chi connectivity index (χ2v) is 5.68. The third kappa shape index (κ3) is 2.72. The molecule has 120 valence electrons. The van der Waals surface area contributed by atoms with Gasteiger partial charge in [0.1, 0.15) is 12.3 Å². The number of rotatable bonds is 3. The number of benzene rings is 2. The maximum absolute atomic E-state index is 12.2. The van der Waals surface area contributed by atoms with Crippen molar-refractivity contribution in [2.24, 2.45) is 0 Å². The van der Waals surface area contributed by atoms with Gasteiger partial charge >= 0.3 is 0 Å². The molecule has 1 amide bonds. The molecule has 7 heteroatoms. The molecule has 0 aliphatic carbocycles. The van der Waals surface area contributed by atoms with Gasteiger partial charge in [-0.05, 0) is 30.3 Å². The summed E-state index contributed by atoms with van der Waals surface area (Å²) in [6.45, 7) is 0.129. The molecule has 4 rings (SSSR count). The number of fused-ring (bicyclic) bond motifs is 1. The fraction of sp³-hybridized carbons (Fsp3) is 0.118. The largest absolute Gasteiger partial charge is 0.482 e. The van der Waals surface area contributed by atoms with Crippen molar-refractivity contribution in [3.63, 3.8) is 0 Å². The molecular weight excluding hydrogens is 330 g/mol. The second-order valence-electron chi connectivity index (χ2n) is 5.25. The van der Waals surface area contributed by atoms with E-state index >= 15 is 0 Å². The number of nitrogens with zero attached hydrogens (tertiary/aromatic N) is 3. The Hall–Kier alpha value is -2.86. The lowest BCUT2D eigenvalue weighted by Crippen LogP contribution is -2.38. The van der Waals surface area contributed by atoms with Crippen molar-refractivity contribution in [2.45, 2.75) is 6.54 Å². The maximum atomic E-state index is 12.2. The Morgan fingerprint density at radius 1 is 1.12 bits per heavy atom. The van der Waals surface area contributed by atoms with Crippen LogP contribution in [0.25, 0.3) is 11.5 Å². The van der Waals surface area contributed by atoms with Gasteiger partial charge in [-0.25, -0.2) is 0 Å². The molecule has 1 aromatic heterocycles. The second kappa shape index (κ2) is 5.98. The molecule has 0 unspecified atom stereocenters. The van der Waals surface area contributed by atoms with E-state index in [1.807, 2.05) is 30.3 Å². The lowest BCUT2D eigenvalue weighted by Gasteiger charge is -2.28. The number of amides is 1. The van der Waals surface area contributed by atoms with Crippen LogP contribution in [0.3, 0.4) is 0 Å². The zero-order valence-electron chi connectivity index (χ0n) is 12.5. The summed E-state index contributed by atoms with van der Waals surface area (Å²) in [5.74, 6) is 1.17. The average molecular weight is 342 g/mol. The first-order valence-corrected chi connectivity index (χ1v) is 7.69. The Kier molecular flexibility index (Phi) is 3.66. The van der Waals surface area contributed by atoms with Gasteiger partial charge in [0, 0.05) is 10.6 Å². The Balaban J connectivity index is 1.63. The summed E-state index contributed by atoms with van der Waals surface area (Å²) >= 11 is 6.03. The van der Waals surface area contributed by atoms with Crippen molar-refractivity contribution in [3.8, 4) is 17.2 Å². The van der Waals surface area contributed by atoms with E-state index in [0.29, 0.717) is 28.2 Å². The van der Waals surface area contributed by atoms with Crippen LogP contribution in [0.1, 0.15) is 5.89 Å². The van der Waals surface area contributed by atoms with Crippen molar-refractivity contribution in [1.82, 2.24) is 10.2 Å². The molecular formula is C17H12ClN3O3. The molecule has 0 bridgehead atoms. The lowest BCUT2D eigenvalue weighted by molar-refractivity contribution is -0.121. The van der Waals surface area contributed by atoms with Gasteiger partial charge in [0.05, 0.1) is 5.69 Å². The van der Waals surface area contributed by atoms with E-state index in [9.17, 15) is 4.79 Å². The molecule has 0 N–H and O–H groups in total. The van der Waals surface area contributed by atoms with Gasteiger partial charge < -0.3 is 9.15 Å². The number of carbonyl (C=O) groups excluding carboxylic acids is 1. The fourth-order valence-corrected chi connectivity index (χ4v) is 2.67. The van der Waals surface area contributed by atoms with E-state index in [0.717, 1.165) is 5.56 Å². The van der Waals surface area contributed by atoms with Gasteiger partial charge in [0.2, 0.25) is 11.8 Å². The van der Waals surface area contributed by atoms with Crippen LogP contribution in [0.15, 0.2) is 52.9 Å². The van der Waals surface area contributed by atoms with E-state index in [1.165, 1.54) is 4.90 Å². The van der Waals surface area contributed by atoms with Crippen molar-refractivity contribution in [1.29, 1.82) is 0 Å². The highest BCUT2D eigenvalue weighted by atomic mass is 35.5. The van der Waals surface area contributed by atoms with Crippen LogP contribution in [-0.4, -0.2) is 22.7 Å². The van der Waals surface area contributed by atoms with Crippen LogP contribution >= 0.6 is 11.6 Å². The van der Waals surface area contributed by atoms with Gasteiger partial charge in [-0.1, -0.05) is 29.8 Å². The summed E-state index contributed by atoms with van der Waals surface area (Å²) in [7, 11) is 0. The minimum atomic E-state index is -0.191. The number of halogens is 1. The number of hydrogen-bond acceptors (Lipinski definition) is 5. The molecule has 1 aliphatic heterocycles. The van der Waals surface area contributed by atoms with E-state index in [-0.39, 0.29) is 19.1 Å². The van der Waals surface area contributed by atoms with E-state index in [1.54, 1.807) is 18.2 Å². The zero-order chi connectivity index (χ0) is 16.5. The van der Waals surface area contributed by atoms with Crippen LogP contribution in [0, 0.1) is 0 Å². The van der Waals surface area contributed by atoms with Crippen LogP contribution in [0.4, 0.5) is 5.69 Å². The number of hydrogen-bond donors (Lipinski definition) is 0. The van der Waals surface area contributed by atoms with Gasteiger partial charge in [0.25, 0.3) is 5.91 Å². The van der Waals surface area contributed by atoms with Crippen molar-refractivity contribution < 1.29 is 13.9 Å². The molecule has 2 heterocycles. The first kappa shape index (κ1) is 14.7. The summed E-state index contributed by atoms with van der Waals surface area (Å²) in [5.41, 5.74) is 1.42. The van der Waals surface area contributed by atoms with Gasteiger partial charge in [-0.2, -0.15) is 0 Å². The smallest absolute Gasteiger partial charge is 0.265 e. The maximum Gasteiger partial charge on any atom is 0.265 e. The van der Waals surface area contributed by atoms with Gasteiger partial charge in [-0.3, -0.25) is 9.69 Å². The van der Waals surface area contributed by atoms with E-state index in [4.69, 9.17) is 20.8 Å². The van der Waals surface area contributed by atoms with Crippen molar-refractivity contribution in [2.75, 3.05) is 11.5 Å². The van der Waals surface area contributed by atoms with E-state index in [2.05, 4.69) is 10.2 Å². The Morgan fingerprint density at radius 3 is 2.79 bits per heavy atom. The summed E-state index contributed by atoms with van der Waals surface area (Å²) in [5, 5.41) is 8.59. The number of aromatic nitrogens is 2. The minimum Gasteiger partial charge on any atom is -0.482 e. The van der Waals surface area contributed by atoms with E-state index < -0.39 is 0 Å². The third-order valence-corrected chi connectivity index (χ3v) is 3.88. The van der Waals surface area contributed by atoms with Crippen LogP contribution in [0.2, 0.25) is 5.02 Å². The molecule has 0 fully saturated rings. The molecule has 1 aliphatic rings. The summed E-state index contributed by atoms with van der Waals surface area (Å²) in [6, 6.07) is 14.6. The number of carbonyl (C=O) groups is 1. The molecule has 0 spiro atoms. The lowest BCUT2D eigenvalue weighted by atomic mass is 10.2. The van der Waals surface area contributed by atoms with Crippen molar-refractivity contribution in [3.05, 3.63) is 59.4 Å². The van der Waals surface area contributed by atoms with Crippen molar-refractivity contribution >= 4 is 23.2 Å². The summed E-state index contributed by atoms with van der Waals surface area (Å²) in [4.78, 5) is 13.8. The molecule has 2 aromatic carbocycles. The molecule has 3 aromatic rings. The third-order valence-electron chi connectivity index (χ3n) is 3.64. The quantitative estimate of drug-likeness (QED) is 0.731. The number of ether oxygens (including phenoxy) is 1. The molecule has 0 atom stereocenters. The first-order valence-electron chi connectivity index (χ1n) is 7.31. The Morgan fingerprint density at radius 2 is 1.96 bits per heavy atom. The molecule has 0 saturated carbocycles. The highest BCUT2D eigenvalue weighted by Crippen LogP contribution is 2.35. The SMILES string of the molecule is O=C1COc2ccc(Cl)cc2N1Cc1nnc(-c2ccccc2)o1. The minimum absolute atomic E-state index is 0.0334. The summed E-state index contributed by atoms with van der Waals surface area (Å²) < 4.78 is 11.1. The van der Waals surface area contributed by atoms with Crippen LogP contribution in [-0.2, 0) is 11.3 Å². The normalized spacial score (nSPS) is 13.5. The monoisotopic (exact) mass is 341 g/mol. The molecule has 0 saturated heterocycles. The average Bonchev–Trinajstić information content (AvgIpc) is 3.07. The molecule has 0 radical (unpaired) electrons. The molecule has 24 heavy (non-hydrogen) atoms. The van der Waals surface area contributed by atoms with Crippen LogP contribution in [0.5, 0.6) is 5.75 Å². The highest BCUT2D eigenvalue weighted by Gasteiger charge is 2.27. The highest BCUT2D eigenvalue weighted by molar-refractivity contribution is 6.31. The van der Waals surface area contributed by atoms with Gasteiger partial charge in [-0.15, -0.1) is 10.2 Å². The predicted octanol–water partition coefficient (Wildman–Crippen LogP) is 3.32. The van der Waals surface area contributed by atoms with Gasteiger partial charge in [0.15, 0.2) is 6.61 Å². The predicted molar refractivity (Wildman–Crippen MR) is 87.9 cm³/mol. The zero-order valence-corrected chi connectivity index (χ0v) is 13.2.